The Hall–Kier alpha value is -1.69. The number of nitrogen functional groups attached to an aromatic ring is 1. The van der Waals surface area contributed by atoms with Gasteiger partial charge in [0.25, 0.3) is 0 Å². The molecule has 0 bridgehead atoms. The molecule has 0 unspecified atom stereocenters. The zero-order chi connectivity index (χ0) is 13.0. The minimum absolute atomic E-state index is 0.443. The highest BCUT2D eigenvalue weighted by Crippen LogP contribution is 2.21. The molecule has 0 aliphatic carbocycles. The molecule has 0 aliphatic heterocycles. The van der Waals surface area contributed by atoms with E-state index in [4.69, 9.17) is 10.5 Å². The smallest absolute Gasteiger partial charge is 0.200 e. The first kappa shape index (κ1) is 12.8. The Morgan fingerprint density at radius 2 is 2.28 bits per heavy atom. The molecule has 2 N–H and O–H groups in total. The summed E-state index contributed by atoms with van der Waals surface area (Å²) in [5.74, 6) is 1.96. The fourth-order valence-electron chi connectivity index (χ4n) is 1.37. The summed E-state index contributed by atoms with van der Waals surface area (Å²) in [4.78, 5) is 8.31. The maximum Gasteiger partial charge on any atom is 0.200 e. The lowest BCUT2D eigenvalue weighted by molar-refractivity contribution is 0.289. The van der Waals surface area contributed by atoms with E-state index in [9.17, 15) is 0 Å². The molecule has 18 heavy (non-hydrogen) atoms. The average Bonchev–Trinajstić information content (AvgIpc) is 2.76. The third kappa shape index (κ3) is 3.40. The lowest BCUT2D eigenvalue weighted by Gasteiger charge is -2.08. The van der Waals surface area contributed by atoms with Crippen LogP contribution in [0.1, 0.15) is 20.3 Å². The number of hydrogen-bond acceptors (Lipinski definition) is 6. The molecule has 0 radical (unpaired) electrons. The molecule has 0 atom stereocenters. The number of pyridine rings is 1. The number of nitrogens with two attached hydrogens (primary N) is 1. The fourth-order valence-corrected chi connectivity index (χ4v) is 1.82. The predicted octanol–water partition coefficient (Wildman–Crippen LogP) is 2.61. The highest BCUT2D eigenvalue weighted by molar-refractivity contribution is 7.09. The fraction of sp³-hybridized carbons (Fsp3) is 0.417. The molecule has 2 aromatic heterocycles. The van der Waals surface area contributed by atoms with Crippen LogP contribution in [-0.2, 0) is 0 Å². The van der Waals surface area contributed by atoms with Gasteiger partial charge in [-0.25, -0.2) is 0 Å². The van der Waals surface area contributed by atoms with Crippen LogP contribution in [0.5, 0.6) is 5.75 Å². The zero-order valence-electron chi connectivity index (χ0n) is 10.5. The summed E-state index contributed by atoms with van der Waals surface area (Å²) in [6, 6.07) is 3.67. The molecule has 2 aromatic rings. The van der Waals surface area contributed by atoms with E-state index in [1.54, 1.807) is 6.20 Å². The van der Waals surface area contributed by atoms with E-state index in [1.807, 2.05) is 12.1 Å². The minimum Gasteiger partial charge on any atom is -0.493 e. The van der Waals surface area contributed by atoms with Crippen molar-refractivity contribution in [2.45, 2.75) is 20.3 Å². The first-order chi connectivity index (χ1) is 8.65. The van der Waals surface area contributed by atoms with E-state index < -0.39 is 0 Å². The lowest BCUT2D eigenvalue weighted by atomic mass is 10.1. The van der Waals surface area contributed by atoms with Crippen molar-refractivity contribution in [3.8, 4) is 17.3 Å². The predicted molar refractivity (Wildman–Crippen MR) is 72.5 cm³/mol. The van der Waals surface area contributed by atoms with Crippen molar-refractivity contribution >= 4 is 16.7 Å². The Labute approximate surface area is 110 Å². The van der Waals surface area contributed by atoms with Gasteiger partial charge in [0.2, 0.25) is 0 Å². The molecule has 96 valence electrons. The summed E-state index contributed by atoms with van der Waals surface area (Å²) >= 11 is 1.16. The van der Waals surface area contributed by atoms with Crippen LogP contribution in [0, 0.1) is 5.92 Å². The van der Waals surface area contributed by atoms with E-state index in [0.29, 0.717) is 29.2 Å². The van der Waals surface area contributed by atoms with Crippen molar-refractivity contribution in [1.29, 1.82) is 0 Å². The van der Waals surface area contributed by atoms with Crippen molar-refractivity contribution < 1.29 is 4.74 Å². The number of ether oxygens (including phenoxy) is 1. The van der Waals surface area contributed by atoms with Gasteiger partial charge in [0.05, 0.1) is 6.61 Å². The average molecular weight is 264 g/mol. The Balaban J connectivity index is 2.05. The summed E-state index contributed by atoms with van der Waals surface area (Å²) < 4.78 is 9.79. The second-order valence-corrected chi connectivity index (χ2v) is 5.15. The van der Waals surface area contributed by atoms with Gasteiger partial charge in [0.15, 0.2) is 11.0 Å². The summed E-state index contributed by atoms with van der Waals surface area (Å²) in [5.41, 5.74) is 6.24. The van der Waals surface area contributed by atoms with Crippen LogP contribution < -0.4 is 10.5 Å². The van der Waals surface area contributed by atoms with E-state index >= 15 is 0 Å². The Morgan fingerprint density at radius 3 is 2.94 bits per heavy atom. The summed E-state index contributed by atoms with van der Waals surface area (Å²) in [5, 5.41) is 0.443. The van der Waals surface area contributed by atoms with Gasteiger partial charge in [0.1, 0.15) is 11.4 Å². The topological polar surface area (TPSA) is 73.9 Å². The van der Waals surface area contributed by atoms with Gasteiger partial charge in [-0.05, 0) is 18.4 Å². The van der Waals surface area contributed by atoms with Crippen LogP contribution in [0.15, 0.2) is 18.3 Å². The molecule has 0 saturated carbocycles. The molecule has 2 rings (SSSR count). The maximum absolute atomic E-state index is 5.66. The molecule has 2 heterocycles. The first-order valence-corrected chi connectivity index (χ1v) is 6.61. The minimum atomic E-state index is 0.443. The number of hydrogen-bond donors (Lipinski definition) is 1. The largest absolute Gasteiger partial charge is 0.493 e. The molecule has 0 amide bonds. The second kappa shape index (κ2) is 5.77. The van der Waals surface area contributed by atoms with Gasteiger partial charge in [-0.1, -0.05) is 13.8 Å². The van der Waals surface area contributed by atoms with Gasteiger partial charge in [-0.2, -0.15) is 9.36 Å². The van der Waals surface area contributed by atoms with Crippen LogP contribution in [-0.4, -0.2) is 20.9 Å². The monoisotopic (exact) mass is 264 g/mol. The lowest BCUT2D eigenvalue weighted by Crippen LogP contribution is -2.01. The van der Waals surface area contributed by atoms with Crippen molar-refractivity contribution in [2.75, 3.05) is 12.3 Å². The van der Waals surface area contributed by atoms with Crippen LogP contribution in [0.25, 0.3) is 11.5 Å². The molecular formula is C12H16N4OS. The van der Waals surface area contributed by atoms with Crippen molar-refractivity contribution in [2.24, 2.45) is 5.92 Å². The van der Waals surface area contributed by atoms with Crippen molar-refractivity contribution in [3.05, 3.63) is 18.3 Å². The summed E-state index contributed by atoms with van der Waals surface area (Å²) in [6.07, 6.45) is 2.72. The Morgan fingerprint density at radius 1 is 1.44 bits per heavy atom. The van der Waals surface area contributed by atoms with Gasteiger partial charge < -0.3 is 10.5 Å². The van der Waals surface area contributed by atoms with Gasteiger partial charge >= 0.3 is 0 Å². The SMILES string of the molecule is CC(C)CCOc1ccnc(-c2nsc(N)n2)c1. The molecule has 0 saturated heterocycles. The highest BCUT2D eigenvalue weighted by Gasteiger charge is 2.07. The normalized spacial score (nSPS) is 10.8. The van der Waals surface area contributed by atoms with Crippen LogP contribution in [0.3, 0.4) is 0 Å². The van der Waals surface area contributed by atoms with Gasteiger partial charge in [0, 0.05) is 23.8 Å². The van der Waals surface area contributed by atoms with E-state index in [0.717, 1.165) is 23.7 Å². The molecule has 0 aromatic carbocycles. The van der Waals surface area contributed by atoms with E-state index in [1.165, 1.54) is 0 Å². The highest BCUT2D eigenvalue weighted by atomic mass is 32.1. The van der Waals surface area contributed by atoms with Gasteiger partial charge in [-0.3, -0.25) is 4.98 Å². The van der Waals surface area contributed by atoms with Crippen molar-refractivity contribution in [3.63, 3.8) is 0 Å². The first-order valence-electron chi connectivity index (χ1n) is 5.83. The number of nitrogens with zero attached hydrogens (tertiary/aromatic N) is 3. The van der Waals surface area contributed by atoms with E-state index in [-0.39, 0.29) is 0 Å². The second-order valence-electron chi connectivity index (χ2n) is 4.36. The Bertz CT molecular complexity index is 512. The maximum atomic E-state index is 5.66. The number of anilines is 1. The molecule has 0 spiro atoms. The number of aromatic nitrogens is 3. The van der Waals surface area contributed by atoms with Crippen molar-refractivity contribution in [1.82, 2.24) is 14.3 Å². The molecule has 5 nitrogen and oxygen atoms in total. The molecule has 0 fully saturated rings. The van der Waals surface area contributed by atoms with Crippen LogP contribution >= 0.6 is 11.5 Å². The quantitative estimate of drug-likeness (QED) is 0.898. The molecule has 6 heteroatoms. The van der Waals surface area contributed by atoms with Crippen LogP contribution in [0.4, 0.5) is 5.13 Å². The Kier molecular flexibility index (Phi) is 4.09. The summed E-state index contributed by atoms with van der Waals surface area (Å²) in [7, 11) is 0. The zero-order valence-corrected chi connectivity index (χ0v) is 11.3. The number of rotatable bonds is 5. The standard InChI is InChI=1S/C12H16N4OS/c1-8(2)4-6-17-9-3-5-14-10(7-9)11-15-12(13)18-16-11/h3,5,7-8H,4,6H2,1-2H3,(H2,13,15,16). The third-order valence-corrected chi connectivity index (χ3v) is 2.91. The van der Waals surface area contributed by atoms with Gasteiger partial charge in [-0.15, -0.1) is 0 Å². The third-order valence-electron chi connectivity index (χ3n) is 2.37. The van der Waals surface area contributed by atoms with E-state index in [2.05, 4.69) is 28.2 Å². The molecule has 0 aliphatic rings. The van der Waals surface area contributed by atoms with Crippen LogP contribution in [0.2, 0.25) is 0 Å². The summed E-state index contributed by atoms with van der Waals surface area (Å²) in [6.45, 7) is 5.04. The molecular weight excluding hydrogens is 248 g/mol.